The van der Waals surface area contributed by atoms with E-state index in [0.29, 0.717) is 16.7 Å². The lowest BCUT2D eigenvalue weighted by Crippen LogP contribution is -2.28. The number of hydrogen-bond acceptors (Lipinski definition) is 6. The van der Waals surface area contributed by atoms with Gasteiger partial charge in [0.2, 0.25) is 5.13 Å². The van der Waals surface area contributed by atoms with Gasteiger partial charge in [-0.15, -0.1) is 10.2 Å². The molecule has 2 amide bonds. The lowest BCUT2D eigenvalue weighted by atomic mass is 10.3. The first-order chi connectivity index (χ1) is 10.0. The standard InChI is InChI=1S/C12H19N7OS/c1-4-5-19-8(3)10(7(2)18-19)15-12(20)14-6-9-16-17-11(13)21-9/h4-6H2,1-3H3,(H2,13,17)(H2,14,15,20). The number of aryl methyl sites for hydroxylation is 2. The molecule has 0 bridgehead atoms. The van der Waals surface area contributed by atoms with Gasteiger partial charge >= 0.3 is 6.03 Å². The van der Waals surface area contributed by atoms with Gasteiger partial charge in [0.05, 0.1) is 23.6 Å². The molecule has 4 N–H and O–H groups in total. The molecule has 2 aromatic heterocycles. The van der Waals surface area contributed by atoms with Crippen molar-refractivity contribution >= 4 is 28.2 Å². The van der Waals surface area contributed by atoms with Crippen LogP contribution in [0.1, 0.15) is 29.7 Å². The van der Waals surface area contributed by atoms with E-state index in [1.54, 1.807) is 0 Å². The van der Waals surface area contributed by atoms with Gasteiger partial charge in [0.15, 0.2) is 0 Å². The summed E-state index contributed by atoms with van der Waals surface area (Å²) in [6, 6.07) is -0.300. The molecule has 0 radical (unpaired) electrons. The van der Waals surface area contributed by atoms with Gasteiger partial charge in [0.1, 0.15) is 5.01 Å². The normalized spacial score (nSPS) is 10.6. The topological polar surface area (TPSA) is 111 Å². The Hall–Kier alpha value is -2.16. The first-order valence-corrected chi connectivity index (χ1v) is 7.49. The van der Waals surface area contributed by atoms with Gasteiger partial charge in [0, 0.05) is 6.54 Å². The number of nitrogens with zero attached hydrogens (tertiary/aromatic N) is 4. The van der Waals surface area contributed by atoms with E-state index in [1.807, 2.05) is 18.5 Å². The fraction of sp³-hybridized carbons (Fsp3) is 0.500. The summed E-state index contributed by atoms with van der Waals surface area (Å²) in [5.74, 6) is 0. The van der Waals surface area contributed by atoms with E-state index in [-0.39, 0.29) is 6.03 Å². The highest BCUT2D eigenvalue weighted by Gasteiger charge is 2.14. The zero-order valence-electron chi connectivity index (χ0n) is 12.3. The van der Waals surface area contributed by atoms with Crippen molar-refractivity contribution in [2.45, 2.75) is 40.3 Å². The Morgan fingerprint density at radius 3 is 2.76 bits per heavy atom. The summed E-state index contributed by atoms with van der Waals surface area (Å²) in [5, 5.41) is 18.5. The van der Waals surface area contributed by atoms with Gasteiger partial charge in [-0.3, -0.25) is 4.68 Å². The fourth-order valence-electron chi connectivity index (χ4n) is 1.96. The minimum atomic E-state index is -0.300. The molecular formula is C12H19N7OS. The maximum absolute atomic E-state index is 11.9. The van der Waals surface area contributed by atoms with E-state index in [0.717, 1.165) is 30.0 Å². The van der Waals surface area contributed by atoms with Crippen molar-refractivity contribution in [3.8, 4) is 0 Å². The molecule has 2 rings (SSSR count). The van der Waals surface area contributed by atoms with E-state index >= 15 is 0 Å². The van der Waals surface area contributed by atoms with E-state index in [2.05, 4.69) is 32.9 Å². The minimum Gasteiger partial charge on any atom is -0.374 e. The van der Waals surface area contributed by atoms with Crippen LogP contribution >= 0.6 is 11.3 Å². The average Bonchev–Trinajstić information content (AvgIpc) is 2.96. The number of nitrogens with one attached hydrogen (secondary N) is 2. The van der Waals surface area contributed by atoms with Crippen molar-refractivity contribution in [2.75, 3.05) is 11.1 Å². The minimum absolute atomic E-state index is 0.294. The fourth-order valence-corrected chi connectivity index (χ4v) is 2.51. The molecule has 0 atom stereocenters. The van der Waals surface area contributed by atoms with Crippen molar-refractivity contribution in [1.82, 2.24) is 25.3 Å². The van der Waals surface area contributed by atoms with Crippen LogP contribution in [0.3, 0.4) is 0 Å². The molecule has 0 aliphatic carbocycles. The van der Waals surface area contributed by atoms with E-state index in [1.165, 1.54) is 11.3 Å². The molecule has 114 valence electrons. The number of nitrogens with two attached hydrogens (primary N) is 1. The summed E-state index contributed by atoms with van der Waals surface area (Å²) in [7, 11) is 0. The quantitative estimate of drug-likeness (QED) is 0.778. The molecule has 9 heteroatoms. The number of amides is 2. The number of rotatable bonds is 5. The maximum Gasteiger partial charge on any atom is 0.319 e. The third-order valence-electron chi connectivity index (χ3n) is 2.94. The van der Waals surface area contributed by atoms with Gasteiger partial charge in [-0.1, -0.05) is 18.3 Å². The van der Waals surface area contributed by atoms with Gasteiger partial charge in [0.25, 0.3) is 0 Å². The van der Waals surface area contributed by atoms with E-state index in [9.17, 15) is 4.79 Å². The second kappa shape index (κ2) is 6.53. The van der Waals surface area contributed by atoms with Crippen LogP contribution in [0.4, 0.5) is 15.6 Å². The lowest BCUT2D eigenvalue weighted by Gasteiger charge is -2.07. The summed E-state index contributed by atoms with van der Waals surface area (Å²) in [6.45, 7) is 7.03. The number of urea groups is 1. The summed E-state index contributed by atoms with van der Waals surface area (Å²) in [5.41, 5.74) is 7.98. The summed E-state index contributed by atoms with van der Waals surface area (Å²) >= 11 is 1.25. The van der Waals surface area contributed by atoms with Crippen LogP contribution in [0.25, 0.3) is 0 Å². The molecule has 0 aliphatic rings. The number of carbonyl (C=O) groups excluding carboxylic acids is 1. The lowest BCUT2D eigenvalue weighted by molar-refractivity contribution is 0.251. The molecule has 0 saturated carbocycles. The zero-order chi connectivity index (χ0) is 15.4. The first-order valence-electron chi connectivity index (χ1n) is 6.68. The van der Waals surface area contributed by atoms with Crippen LogP contribution in [0.5, 0.6) is 0 Å². The number of nitrogen functional groups attached to an aromatic ring is 1. The van der Waals surface area contributed by atoms with Crippen molar-refractivity contribution < 1.29 is 4.79 Å². The molecule has 0 saturated heterocycles. The Kier molecular flexibility index (Phi) is 4.73. The molecular weight excluding hydrogens is 290 g/mol. The van der Waals surface area contributed by atoms with E-state index < -0.39 is 0 Å². The third kappa shape index (κ3) is 3.69. The molecule has 0 aromatic carbocycles. The molecule has 8 nitrogen and oxygen atoms in total. The van der Waals surface area contributed by atoms with Crippen LogP contribution in [-0.4, -0.2) is 26.0 Å². The van der Waals surface area contributed by atoms with E-state index in [4.69, 9.17) is 5.73 Å². The van der Waals surface area contributed by atoms with Crippen LogP contribution in [0, 0.1) is 13.8 Å². The summed E-state index contributed by atoms with van der Waals surface area (Å²) < 4.78 is 1.90. The average molecular weight is 309 g/mol. The van der Waals surface area contributed by atoms with Crippen molar-refractivity contribution in [1.29, 1.82) is 0 Å². The largest absolute Gasteiger partial charge is 0.374 e. The Labute approximate surface area is 126 Å². The van der Waals surface area contributed by atoms with Crippen LogP contribution in [-0.2, 0) is 13.1 Å². The Morgan fingerprint density at radius 2 is 2.14 bits per heavy atom. The van der Waals surface area contributed by atoms with Gasteiger partial charge in [-0.25, -0.2) is 4.79 Å². The first kappa shape index (κ1) is 15.2. The molecule has 0 spiro atoms. The molecule has 2 heterocycles. The Balaban J connectivity index is 1.96. The number of hydrogen-bond donors (Lipinski definition) is 3. The van der Waals surface area contributed by atoms with Crippen LogP contribution in [0.2, 0.25) is 0 Å². The zero-order valence-corrected chi connectivity index (χ0v) is 13.1. The van der Waals surface area contributed by atoms with Crippen molar-refractivity contribution in [2.24, 2.45) is 0 Å². The highest BCUT2D eigenvalue weighted by atomic mass is 32.1. The highest BCUT2D eigenvalue weighted by molar-refractivity contribution is 7.15. The predicted octanol–water partition coefficient (Wildman–Crippen LogP) is 1.67. The maximum atomic E-state index is 11.9. The smallest absolute Gasteiger partial charge is 0.319 e. The monoisotopic (exact) mass is 309 g/mol. The molecule has 0 fully saturated rings. The molecule has 21 heavy (non-hydrogen) atoms. The summed E-state index contributed by atoms with van der Waals surface area (Å²) in [4.78, 5) is 11.9. The summed E-state index contributed by atoms with van der Waals surface area (Å²) in [6.07, 6.45) is 0.992. The van der Waals surface area contributed by atoms with Gasteiger partial charge in [-0.2, -0.15) is 5.10 Å². The number of anilines is 2. The molecule has 0 unspecified atom stereocenters. The molecule has 2 aromatic rings. The Morgan fingerprint density at radius 1 is 1.38 bits per heavy atom. The second-order valence-corrected chi connectivity index (χ2v) is 5.70. The van der Waals surface area contributed by atoms with Crippen molar-refractivity contribution in [3.05, 3.63) is 16.4 Å². The van der Waals surface area contributed by atoms with Crippen molar-refractivity contribution in [3.63, 3.8) is 0 Å². The second-order valence-electron chi connectivity index (χ2n) is 4.61. The number of aromatic nitrogens is 4. The SMILES string of the molecule is CCCn1nc(C)c(NC(=O)NCc2nnc(N)s2)c1C. The van der Waals surface area contributed by atoms with Crippen LogP contribution in [0.15, 0.2) is 0 Å². The predicted molar refractivity (Wildman–Crippen MR) is 82.2 cm³/mol. The molecule has 0 aliphatic heterocycles. The number of carbonyl (C=O) groups is 1. The van der Waals surface area contributed by atoms with Gasteiger partial charge in [-0.05, 0) is 20.3 Å². The van der Waals surface area contributed by atoms with Crippen LogP contribution < -0.4 is 16.4 Å². The highest BCUT2D eigenvalue weighted by Crippen LogP contribution is 2.19. The third-order valence-corrected chi connectivity index (χ3v) is 3.69. The Bertz CT molecular complexity index is 634. The van der Waals surface area contributed by atoms with Gasteiger partial charge < -0.3 is 16.4 Å².